The van der Waals surface area contributed by atoms with Gasteiger partial charge in [0.05, 0.1) is 0 Å². The van der Waals surface area contributed by atoms with Crippen LogP contribution in [0.15, 0.2) is 0 Å². The van der Waals surface area contributed by atoms with Gasteiger partial charge < -0.3 is 0 Å². The first-order chi connectivity index (χ1) is 6.61. The Morgan fingerprint density at radius 2 is 1.57 bits per heavy atom. The average Bonchev–Trinajstić information content (AvgIpc) is 2.49. The molecule has 1 aliphatic carbocycles. The summed E-state index contributed by atoms with van der Waals surface area (Å²) in [5, 5.41) is 1.79. The number of hydrogen-bond donors (Lipinski definition) is 0. The van der Waals surface area contributed by atoms with E-state index in [0.29, 0.717) is 0 Å². The molecular weight excluding hydrogens is 208 g/mol. The zero-order valence-electron chi connectivity index (χ0n) is 9.69. The molecule has 0 nitrogen and oxygen atoms in total. The van der Waals surface area contributed by atoms with Crippen molar-refractivity contribution < 1.29 is 0 Å². The Morgan fingerprint density at radius 1 is 0.857 bits per heavy atom. The Kier molecular flexibility index (Phi) is 3.43. The summed E-state index contributed by atoms with van der Waals surface area (Å²) < 4.78 is 0. The molecule has 1 saturated heterocycles. The quantitative estimate of drug-likeness (QED) is 0.564. The minimum absolute atomic E-state index is 0.841. The first kappa shape index (κ1) is 11.2. The van der Waals surface area contributed by atoms with Gasteiger partial charge in [-0.15, -0.1) is 0 Å². The molecule has 1 saturated carbocycles. The third-order valence-electron chi connectivity index (χ3n) is 4.50. The Labute approximate surface area is 96.4 Å². The lowest BCUT2D eigenvalue weighted by Gasteiger charge is -2.28. The van der Waals surface area contributed by atoms with Gasteiger partial charge in [0.25, 0.3) is 0 Å². The van der Waals surface area contributed by atoms with Gasteiger partial charge in [-0.2, -0.15) is 0 Å². The second kappa shape index (κ2) is 4.29. The van der Waals surface area contributed by atoms with Crippen LogP contribution in [0, 0.1) is 23.7 Å². The lowest BCUT2D eigenvalue weighted by molar-refractivity contribution is 0.268. The fourth-order valence-electron chi connectivity index (χ4n) is 2.99. The van der Waals surface area contributed by atoms with Gasteiger partial charge in [-0.05, 0) is 36.5 Å². The van der Waals surface area contributed by atoms with E-state index in [0.717, 1.165) is 34.2 Å². The van der Waals surface area contributed by atoms with E-state index in [-0.39, 0.29) is 0 Å². The van der Waals surface area contributed by atoms with Crippen molar-refractivity contribution in [2.45, 2.75) is 51.0 Å². The van der Waals surface area contributed by atoms with Crippen molar-refractivity contribution in [3.05, 3.63) is 0 Å². The largest absolute Gasteiger partial charge is 0.0904 e. The predicted molar refractivity (Wildman–Crippen MR) is 68.6 cm³/mol. The minimum Gasteiger partial charge on any atom is -0.0904 e. The molecule has 14 heavy (non-hydrogen) atoms. The molecule has 6 atom stereocenters. The monoisotopic (exact) mass is 230 g/mol. The maximum Gasteiger partial charge on any atom is 0.0208 e. The van der Waals surface area contributed by atoms with Crippen LogP contribution in [0.1, 0.15) is 40.5 Å². The molecule has 0 aromatic rings. The number of rotatable bonds is 0. The molecule has 1 aliphatic heterocycles. The molecular formula is C12H22S2. The summed E-state index contributed by atoms with van der Waals surface area (Å²) in [6.07, 6.45) is 2.95. The molecule has 0 aromatic carbocycles. The summed E-state index contributed by atoms with van der Waals surface area (Å²) >= 11 is 0. The summed E-state index contributed by atoms with van der Waals surface area (Å²) in [5.41, 5.74) is 0. The third-order valence-corrected chi connectivity index (χ3v) is 8.29. The lowest BCUT2D eigenvalue weighted by Crippen LogP contribution is -2.26. The van der Waals surface area contributed by atoms with E-state index in [4.69, 9.17) is 0 Å². The van der Waals surface area contributed by atoms with Gasteiger partial charge in [-0.1, -0.05) is 49.3 Å². The second-order valence-electron chi connectivity index (χ2n) is 5.30. The van der Waals surface area contributed by atoms with Crippen molar-refractivity contribution in [2.75, 3.05) is 0 Å². The van der Waals surface area contributed by atoms with E-state index in [9.17, 15) is 0 Å². The van der Waals surface area contributed by atoms with Crippen molar-refractivity contribution in [3.8, 4) is 0 Å². The topological polar surface area (TPSA) is 0 Å². The molecule has 2 aliphatic rings. The summed E-state index contributed by atoms with van der Waals surface area (Å²) in [4.78, 5) is 0. The Morgan fingerprint density at radius 3 is 2.29 bits per heavy atom. The molecule has 0 bridgehead atoms. The molecule has 2 heteroatoms. The lowest BCUT2D eigenvalue weighted by atomic mass is 9.81. The van der Waals surface area contributed by atoms with E-state index in [1.807, 2.05) is 0 Å². The van der Waals surface area contributed by atoms with Crippen LogP contribution in [0.4, 0.5) is 0 Å². The van der Waals surface area contributed by atoms with Gasteiger partial charge in [0.2, 0.25) is 0 Å². The van der Waals surface area contributed by atoms with Gasteiger partial charge >= 0.3 is 0 Å². The van der Waals surface area contributed by atoms with Gasteiger partial charge in [0, 0.05) is 10.5 Å². The Hall–Kier alpha value is 0.700. The van der Waals surface area contributed by atoms with E-state index in [1.165, 1.54) is 12.8 Å². The highest BCUT2D eigenvalue weighted by molar-refractivity contribution is 8.77. The van der Waals surface area contributed by atoms with Gasteiger partial charge in [-0.3, -0.25) is 0 Å². The maximum absolute atomic E-state index is 2.49. The predicted octanol–water partition coefficient (Wildman–Crippen LogP) is 4.46. The number of hydrogen-bond acceptors (Lipinski definition) is 2. The first-order valence-electron chi connectivity index (χ1n) is 5.93. The standard InChI is InChI=1S/C12H22S2/c1-7-5-6-11-9(3)8(2)10(4)13-14-12(7)11/h7-12H,5-6H2,1-4H3. The minimum atomic E-state index is 0.841. The zero-order chi connectivity index (χ0) is 10.3. The van der Waals surface area contributed by atoms with E-state index in [2.05, 4.69) is 49.3 Å². The molecule has 2 fully saturated rings. The van der Waals surface area contributed by atoms with Crippen LogP contribution < -0.4 is 0 Å². The molecule has 82 valence electrons. The molecule has 0 spiro atoms. The van der Waals surface area contributed by atoms with Crippen molar-refractivity contribution in [1.29, 1.82) is 0 Å². The van der Waals surface area contributed by atoms with Crippen LogP contribution in [0.25, 0.3) is 0 Å². The van der Waals surface area contributed by atoms with Gasteiger partial charge in [0.1, 0.15) is 0 Å². The first-order valence-corrected chi connectivity index (χ1v) is 8.21. The molecule has 6 unspecified atom stereocenters. The molecule has 0 aromatic heterocycles. The highest BCUT2D eigenvalue weighted by Crippen LogP contribution is 2.54. The van der Waals surface area contributed by atoms with Crippen LogP contribution in [0.2, 0.25) is 0 Å². The van der Waals surface area contributed by atoms with E-state index >= 15 is 0 Å². The molecule has 0 N–H and O–H groups in total. The van der Waals surface area contributed by atoms with Crippen molar-refractivity contribution >= 4 is 21.6 Å². The van der Waals surface area contributed by atoms with E-state index in [1.54, 1.807) is 0 Å². The van der Waals surface area contributed by atoms with E-state index < -0.39 is 0 Å². The SMILES string of the molecule is CC1CCC2C(C)C(C)C(C)SSC12. The van der Waals surface area contributed by atoms with Crippen molar-refractivity contribution in [2.24, 2.45) is 23.7 Å². The fraction of sp³-hybridized carbons (Fsp3) is 1.00. The van der Waals surface area contributed by atoms with Crippen LogP contribution in [0.3, 0.4) is 0 Å². The molecule has 0 amide bonds. The molecule has 0 radical (unpaired) electrons. The Balaban J connectivity index is 2.15. The smallest absolute Gasteiger partial charge is 0.0208 e. The molecule has 1 heterocycles. The van der Waals surface area contributed by atoms with Crippen molar-refractivity contribution in [3.63, 3.8) is 0 Å². The molecule has 2 rings (SSSR count). The third kappa shape index (κ3) is 1.84. The van der Waals surface area contributed by atoms with Gasteiger partial charge in [0.15, 0.2) is 0 Å². The Bertz CT molecular complexity index is 204. The average molecular weight is 230 g/mol. The normalized spacial score (nSPS) is 54.0. The van der Waals surface area contributed by atoms with Crippen molar-refractivity contribution in [1.82, 2.24) is 0 Å². The maximum atomic E-state index is 2.49. The summed E-state index contributed by atoms with van der Waals surface area (Å²) in [5.74, 6) is 3.79. The van der Waals surface area contributed by atoms with Crippen LogP contribution in [0.5, 0.6) is 0 Å². The zero-order valence-corrected chi connectivity index (χ0v) is 11.3. The summed E-state index contributed by atoms with van der Waals surface area (Å²) in [6, 6.07) is 0. The van der Waals surface area contributed by atoms with Crippen LogP contribution in [-0.4, -0.2) is 10.5 Å². The van der Waals surface area contributed by atoms with Gasteiger partial charge in [-0.25, -0.2) is 0 Å². The highest BCUT2D eigenvalue weighted by Gasteiger charge is 2.42. The second-order valence-corrected chi connectivity index (χ2v) is 8.13. The highest BCUT2D eigenvalue weighted by atomic mass is 33.1. The number of fused-ring (bicyclic) bond motifs is 1. The summed E-state index contributed by atoms with van der Waals surface area (Å²) in [6.45, 7) is 9.80. The fourth-order valence-corrected chi connectivity index (χ4v) is 7.00. The summed E-state index contributed by atoms with van der Waals surface area (Å²) in [7, 11) is 4.34. The van der Waals surface area contributed by atoms with Crippen LogP contribution in [-0.2, 0) is 0 Å². The van der Waals surface area contributed by atoms with Crippen LogP contribution >= 0.6 is 21.6 Å².